The molecule has 0 saturated heterocycles. The predicted octanol–water partition coefficient (Wildman–Crippen LogP) is 10.3. The van der Waals surface area contributed by atoms with Crippen LogP contribution in [-0.2, 0) is 0 Å². The average Bonchev–Trinajstić information content (AvgIpc) is 2.64. The standard InChI is InChI=1S/C27H56/c1-6-8-10-19-23-27(22-9-7-2)24-26(5)21-18-16-14-12-11-13-15-17-20-25(3)4/h25-27H,6-24H2,1-5H3. The van der Waals surface area contributed by atoms with Gasteiger partial charge in [-0.2, -0.15) is 0 Å². The lowest BCUT2D eigenvalue weighted by atomic mass is 9.85. The number of hydrogen-bond donors (Lipinski definition) is 0. The molecule has 0 heterocycles. The Hall–Kier alpha value is 0. The summed E-state index contributed by atoms with van der Waals surface area (Å²) in [4.78, 5) is 0. The Bertz CT molecular complexity index is 267. The number of hydrogen-bond acceptors (Lipinski definition) is 0. The molecule has 0 bridgehead atoms. The van der Waals surface area contributed by atoms with Gasteiger partial charge >= 0.3 is 0 Å². The van der Waals surface area contributed by atoms with E-state index in [1.54, 1.807) is 0 Å². The van der Waals surface area contributed by atoms with E-state index < -0.39 is 0 Å². The van der Waals surface area contributed by atoms with Crippen LogP contribution in [0.4, 0.5) is 0 Å². The van der Waals surface area contributed by atoms with E-state index in [-0.39, 0.29) is 0 Å². The van der Waals surface area contributed by atoms with Crippen molar-refractivity contribution in [1.29, 1.82) is 0 Å². The third-order valence-electron chi connectivity index (χ3n) is 6.40. The van der Waals surface area contributed by atoms with Crippen LogP contribution in [0.2, 0.25) is 0 Å². The lowest BCUT2D eigenvalue weighted by molar-refractivity contribution is 0.316. The zero-order valence-electron chi connectivity index (χ0n) is 20.2. The minimum atomic E-state index is 0.893. The molecular weight excluding hydrogens is 324 g/mol. The summed E-state index contributed by atoms with van der Waals surface area (Å²) in [6, 6.07) is 0. The van der Waals surface area contributed by atoms with Crippen molar-refractivity contribution in [3.63, 3.8) is 0 Å². The fourth-order valence-electron chi connectivity index (χ4n) is 4.53. The average molecular weight is 381 g/mol. The van der Waals surface area contributed by atoms with Gasteiger partial charge in [0.15, 0.2) is 0 Å². The zero-order valence-corrected chi connectivity index (χ0v) is 20.2. The quantitative estimate of drug-likeness (QED) is 0.174. The van der Waals surface area contributed by atoms with Crippen molar-refractivity contribution in [1.82, 2.24) is 0 Å². The van der Waals surface area contributed by atoms with E-state index in [0.717, 1.165) is 17.8 Å². The van der Waals surface area contributed by atoms with Gasteiger partial charge in [-0.05, 0) is 24.2 Å². The first-order chi connectivity index (χ1) is 13.1. The third-order valence-corrected chi connectivity index (χ3v) is 6.40. The second-order valence-corrected chi connectivity index (χ2v) is 10.00. The minimum absolute atomic E-state index is 0.893. The molecule has 164 valence electrons. The van der Waals surface area contributed by atoms with Crippen LogP contribution < -0.4 is 0 Å². The van der Waals surface area contributed by atoms with E-state index in [1.807, 2.05) is 0 Å². The highest BCUT2D eigenvalue weighted by atomic mass is 14.2. The van der Waals surface area contributed by atoms with E-state index in [1.165, 1.54) is 122 Å². The summed E-state index contributed by atoms with van der Waals surface area (Å²) >= 11 is 0. The molecule has 0 aromatic heterocycles. The molecule has 0 radical (unpaired) electrons. The van der Waals surface area contributed by atoms with Crippen LogP contribution >= 0.6 is 0 Å². The molecule has 0 amide bonds. The molecule has 0 aliphatic carbocycles. The van der Waals surface area contributed by atoms with Crippen LogP contribution in [-0.4, -0.2) is 0 Å². The van der Waals surface area contributed by atoms with Crippen LogP contribution in [0.5, 0.6) is 0 Å². The molecule has 0 aliphatic heterocycles. The van der Waals surface area contributed by atoms with Gasteiger partial charge in [0.05, 0.1) is 0 Å². The van der Waals surface area contributed by atoms with Gasteiger partial charge in [-0.1, -0.05) is 150 Å². The minimum Gasteiger partial charge on any atom is -0.0654 e. The first kappa shape index (κ1) is 27.0. The van der Waals surface area contributed by atoms with Crippen molar-refractivity contribution in [3.05, 3.63) is 0 Å². The molecular formula is C27H56. The molecule has 0 aromatic rings. The van der Waals surface area contributed by atoms with Crippen LogP contribution in [0.15, 0.2) is 0 Å². The van der Waals surface area contributed by atoms with Gasteiger partial charge in [0.1, 0.15) is 0 Å². The van der Waals surface area contributed by atoms with Gasteiger partial charge in [0.25, 0.3) is 0 Å². The Balaban J connectivity index is 3.62. The SMILES string of the molecule is CCCCCCC(CCCC)CC(C)CCCCCCCCCCC(C)C. The molecule has 2 unspecified atom stereocenters. The molecule has 2 atom stereocenters. The van der Waals surface area contributed by atoms with Crippen molar-refractivity contribution >= 4 is 0 Å². The maximum Gasteiger partial charge on any atom is -0.0412 e. The van der Waals surface area contributed by atoms with E-state index >= 15 is 0 Å². The van der Waals surface area contributed by atoms with Gasteiger partial charge in [-0.15, -0.1) is 0 Å². The second-order valence-electron chi connectivity index (χ2n) is 10.00. The molecule has 0 spiro atoms. The Morgan fingerprint density at radius 3 is 1.44 bits per heavy atom. The van der Waals surface area contributed by atoms with E-state index in [0.29, 0.717) is 0 Å². The highest BCUT2D eigenvalue weighted by Gasteiger charge is 2.13. The molecule has 0 heteroatoms. The molecule has 0 aliphatic rings. The Kier molecular flexibility index (Phi) is 20.7. The van der Waals surface area contributed by atoms with Gasteiger partial charge < -0.3 is 0 Å². The second kappa shape index (κ2) is 20.7. The van der Waals surface area contributed by atoms with E-state index in [9.17, 15) is 0 Å². The zero-order chi connectivity index (χ0) is 20.2. The van der Waals surface area contributed by atoms with Crippen LogP contribution in [0.1, 0.15) is 157 Å². The predicted molar refractivity (Wildman–Crippen MR) is 127 cm³/mol. The van der Waals surface area contributed by atoms with Crippen molar-refractivity contribution < 1.29 is 0 Å². The summed E-state index contributed by atoms with van der Waals surface area (Å²) in [6.45, 7) is 11.9. The Morgan fingerprint density at radius 1 is 0.444 bits per heavy atom. The smallest absolute Gasteiger partial charge is 0.0412 e. The summed E-state index contributed by atoms with van der Waals surface area (Å²) < 4.78 is 0. The number of rotatable bonds is 21. The summed E-state index contributed by atoms with van der Waals surface area (Å²) in [5, 5.41) is 0. The molecule has 27 heavy (non-hydrogen) atoms. The third kappa shape index (κ3) is 20.5. The monoisotopic (exact) mass is 380 g/mol. The van der Waals surface area contributed by atoms with Crippen LogP contribution in [0.3, 0.4) is 0 Å². The van der Waals surface area contributed by atoms with Crippen LogP contribution in [0, 0.1) is 17.8 Å². The lowest BCUT2D eigenvalue weighted by Gasteiger charge is -2.21. The molecule has 0 N–H and O–H groups in total. The molecule has 0 nitrogen and oxygen atoms in total. The summed E-state index contributed by atoms with van der Waals surface area (Å²) in [5.74, 6) is 2.86. The van der Waals surface area contributed by atoms with Crippen molar-refractivity contribution in [3.8, 4) is 0 Å². The summed E-state index contributed by atoms with van der Waals surface area (Å²) in [6.07, 6.45) is 27.7. The Morgan fingerprint density at radius 2 is 0.889 bits per heavy atom. The highest BCUT2D eigenvalue weighted by Crippen LogP contribution is 2.27. The first-order valence-electron chi connectivity index (χ1n) is 13.1. The first-order valence-corrected chi connectivity index (χ1v) is 13.1. The molecule has 0 saturated carbocycles. The fraction of sp³-hybridized carbons (Fsp3) is 1.00. The van der Waals surface area contributed by atoms with Crippen molar-refractivity contribution in [2.24, 2.45) is 17.8 Å². The highest BCUT2D eigenvalue weighted by molar-refractivity contribution is 4.65. The molecule has 0 fully saturated rings. The fourth-order valence-corrected chi connectivity index (χ4v) is 4.53. The van der Waals surface area contributed by atoms with Gasteiger partial charge in [0, 0.05) is 0 Å². The lowest BCUT2D eigenvalue weighted by Crippen LogP contribution is -2.07. The van der Waals surface area contributed by atoms with Gasteiger partial charge in [0.2, 0.25) is 0 Å². The van der Waals surface area contributed by atoms with Crippen molar-refractivity contribution in [2.75, 3.05) is 0 Å². The maximum atomic E-state index is 2.53. The summed E-state index contributed by atoms with van der Waals surface area (Å²) in [7, 11) is 0. The van der Waals surface area contributed by atoms with E-state index in [2.05, 4.69) is 34.6 Å². The summed E-state index contributed by atoms with van der Waals surface area (Å²) in [5.41, 5.74) is 0. The van der Waals surface area contributed by atoms with Gasteiger partial charge in [-0.25, -0.2) is 0 Å². The van der Waals surface area contributed by atoms with Gasteiger partial charge in [-0.3, -0.25) is 0 Å². The van der Waals surface area contributed by atoms with Crippen LogP contribution in [0.25, 0.3) is 0 Å². The Labute approximate surface area is 174 Å². The molecule has 0 rings (SSSR count). The van der Waals surface area contributed by atoms with E-state index in [4.69, 9.17) is 0 Å². The topological polar surface area (TPSA) is 0 Å². The largest absolute Gasteiger partial charge is 0.0654 e. The maximum absolute atomic E-state index is 2.53. The van der Waals surface area contributed by atoms with Crippen molar-refractivity contribution in [2.45, 2.75) is 157 Å². The normalized spacial score (nSPS) is 14.0. The molecule has 0 aromatic carbocycles. The number of unbranched alkanes of at least 4 members (excludes halogenated alkanes) is 11.